The number of nitrogens with two attached hydrogens (primary N) is 1. The highest BCUT2D eigenvalue weighted by atomic mass is 19.1. The fourth-order valence-electron chi connectivity index (χ4n) is 2.21. The van der Waals surface area contributed by atoms with E-state index in [1.165, 1.54) is 12.5 Å². The molecule has 1 aromatic carbocycles. The molecule has 1 unspecified atom stereocenters. The van der Waals surface area contributed by atoms with Gasteiger partial charge in [-0.25, -0.2) is 4.39 Å². The van der Waals surface area contributed by atoms with Gasteiger partial charge in [0.05, 0.1) is 0 Å². The van der Waals surface area contributed by atoms with Crippen LogP contribution in [-0.2, 0) is 6.54 Å². The number of nitrogens with one attached hydrogen (secondary N) is 1. The zero-order valence-corrected chi connectivity index (χ0v) is 11.3. The number of oxime groups is 1. The maximum absolute atomic E-state index is 13.8. The smallest absolute Gasteiger partial charge is 0.170 e. The molecule has 1 atom stereocenters. The van der Waals surface area contributed by atoms with Gasteiger partial charge in [0.15, 0.2) is 5.84 Å². The fourth-order valence-corrected chi connectivity index (χ4v) is 2.21. The monoisotopic (exact) mass is 265 g/mol. The molecule has 4 N–H and O–H groups in total. The van der Waals surface area contributed by atoms with Crippen LogP contribution in [0.3, 0.4) is 0 Å². The van der Waals surface area contributed by atoms with Crippen LogP contribution < -0.4 is 11.1 Å². The van der Waals surface area contributed by atoms with Crippen molar-refractivity contribution in [2.75, 3.05) is 6.54 Å². The first-order chi connectivity index (χ1) is 8.94. The Hall–Kier alpha value is -1.62. The Bertz CT molecular complexity index is 499. The molecule has 0 amide bonds. The maximum Gasteiger partial charge on any atom is 0.170 e. The fraction of sp³-hybridized carbons (Fsp3) is 0.500. The summed E-state index contributed by atoms with van der Waals surface area (Å²) in [5, 5.41) is 14.7. The second-order valence-electron chi connectivity index (χ2n) is 5.81. The van der Waals surface area contributed by atoms with Crippen LogP contribution in [0.4, 0.5) is 4.39 Å². The van der Waals surface area contributed by atoms with E-state index in [4.69, 9.17) is 10.9 Å². The number of hydrogen-bond donors (Lipinski definition) is 3. The number of benzene rings is 1. The van der Waals surface area contributed by atoms with Gasteiger partial charge in [0, 0.05) is 17.7 Å². The van der Waals surface area contributed by atoms with Gasteiger partial charge in [-0.1, -0.05) is 31.1 Å². The average Bonchev–Trinajstić information content (AvgIpc) is 2.98. The van der Waals surface area contributed by atoms with E-state index >= 15 is 0 Å². The third-order valence-electron chi connectivity index (χ3n) is 3.88. The lowest BCUT2D eigenvalue weighted by Crippen LogP contribution is -2.19. The molecule has 2 rings (SSSR count). The van der Waals surface area contributed by atoms with Gasteiger partial charge >= 0.3 is 0 Å². The van der Waals surface area contributed by atoms with Crippen molar-refractivity contribution in [3.63, 3.8) is 0 Å². The molecule has 0 radical (unpaired) electrons. The summed E-state index contributed by atoms with van der Waals surface area (Å²) < 4.78 is 13.8. The Labute approximate surface area is 112 Å². The van der Waals surface area contributed by atoms with Crippen LogP contribution in [0.2, 0.25) is 0 Å². The van der Waals surface area contributed by atoms with Crippen LogP contribution in [0.5, 0.6) is 0 Å². The van der Waals surface area contributed by atoms with Crippen molar-refractivity contribution in [1.82, 2.24) is 5.32 Å². The first-order valence-corrected chi connectivity index (χ1v) is 6.41. The molecule has 1 aliphatic carbocycles. The quantitative estimate of drug-likeness (QED) is 0.330. The molecule has 0 heterocycles. The minimum atomic E-state index is -0.341. The highest BCUT2D eigenvalue weighted by Crippen LogP contribution is 2.50. The molecule has 0 saturated heterocycles. The molecule has 104 valence electrons. The summed E-state index contributed by atoms with van der Waals surface area (Å²) in [6.45, 7) is 5.89. The molecule has 4 nitrogen and oxygen atoms in total. The van der Waals surface area contributed by atoms with Crippen LogP contribution >= 0.6 is 0 Å². The Morgan fingerprint density at radius 1 is 1.58 bits per heavy atom. The lowest BCUT2D eigenvalue weighted by Gasteiger charge is -2.08. The molecular formula is C14H20FN3O. The summed E-state index contributed by atoms with van der Waals surface area (Å²) in [6, 6.07) is 4.59. The third-order valence-corrected chi connectivity index (χ3v) is 3.88. The summed E-state index contributed by atoms with van der Waals surface area (Å²) in [5.41, 5.74) is 6.81. The van der Waals surface area contributed by atoms with Crippen LogP contribution in [0, 0.1) is 17.2 Å². The lowest BCUT2D eigenvalue weighted by atomic mass is 10.1. The molecule has 0 bridgehead atoms. The van der Waals surface area contributed by atoms with Gasteiger partial charge in [-0.15, -0.1) is 0 Å². The Kier molecular flexibility index (Phi) is 3.75. The number of halogens is 1. The molecule has 1 aliphatic rings. The molecule has 0 aliphatic heterocycles. The number of nitrogens with zero attached hydrogens (tertiary/aromatic N) is 1. The summed E-state index contributed by atoms with van der Waals surface area (Å²) >= 11 is 0. The highest BCUT2D eigenvalue weighted by molar-refractivity contribution is 5.97. The second-order valence-corrected chi connectivity index (χ2v) is 5.81. The Balaban J connectivity index is 1.91. The largest absolute Gasteiger partial charge is 0.409 e. The van der Waals surface area contributed by atoms with Crippen molar-refractivity contribution in [3.8, 4) is 0 Å². The topological polar surface area (TPSA) is 70.6 Å². The van der Waals surface area contributed by atoms with E-state index < -0.39 is 0 Å². The van der Waals surface area contributed by atoms with E-state index in [2.05, 4.69) is 24.3 Å². The van der Waals surface area contributed by atoms with Crippen LogP contribution in [0.25, 0.3) is 0 Å². The van der Waals surface area contributed by atoms with Gasteiger partial charge in [-0.05, 0) is 30.4 Å². The van der Waals surface area contributed by atoms with Crippen LogP contribution in [0.1, 0.15) is 31.4 Å². The summed E-state index contributed by atoms with van der Waals surface area (Å²) in [7, 11) is 0. The number of hydrogen-bond acceptors (Lipinski definition) is 3. The third kappa shape index (κ3) is 3.23. The molecule has 19 heavy (non-hydrogen) atoms. The molecule has 5 heteroatoms. The highest BCUT2D eigenvalue weighted by Gasteiger charge is 2.44. The Morgan fingerprint density at radius 2 is 2.26 bits per heavy atom. The SMILES string of the molecule is CC1(C)CC1CNCc1ccc(/C(N)=N/O)cc1F. The van der Waals surface area contributed by atoms with Gasteiger partial charge in [-0.3, -0.25) is 0 Å². The van der Waals surface area contributed by atoms with Crippen molar-refractivity contribution in [2.24, 2.45) is 22.2 Å². The molecular weight excluding hydrogens is 245 g/mol. The predicted octanol–water partition coefficient (Wildman–Crippen LogP) is 2.06. The van der Waals surface area contributed by atoms with E-state index in [0.29, 0.717) is 29.0 Å². The minimum absolute atomic E-state index is 0.0851. The first-order valence-electron chi connectivity index (χ1n) is 6.41. The zero-order valence-electron chi connectivity index (χ0n) is 11.3. The van der Waals surface area contributed by atoms with Crippen molar-refractivity contribution in [2.45, 2.75) is 26.8 Å². The normalized spacial score (nSPS) is 21.4. The summed E-state index contributed by atoms with van der Waals surface area (Å²) in [6.07, 6.45) is 1.23. The number of amidine groups is 1. The van der Waals surface area contributed by atoms with Crippen LogP contribution in [-0.4, -0.2) is 17.6 Å². The standard InChI is InChI=1S/C14H20FN3O/c1-14(2)6-11(14)8-17-7-10-4-3-9(5-12(10)15)13(16)18-19/h3-5,11,17,19H,6-8H2,1-2H3,(H2,16,18). The van der Waals surface area contributed by atoms with Crippen LogP contribution in [0.15, 0.2) is 23.4 Å². The van der Waals surface area contributed by atoms with Crippen molar-refractivity contribution < 1.29 is 9.60 Å². The number of rotatable bonds is 5. The van der Waals surface area contributed by atoms with Crippen molar-refractivity contribution in [3.05, 3.63) is 35.1 Å². The second kappa shape index (κ2) is 5.17. The maximum atomic E-state index is 13.8. The molecule has 1 aromatic rings. The zero-order chi connectivity index (χ0) is 14.0. The van der Waals surface area contributed by atoms with E-state index in [1.807, 2.05) is 0 Å². The van der Waals surface area contributed by atoms with Gasteiger partial charge in [0.2, 0.25) is 0 Å². The van der Waals surface area contributed by atoms with E-state index in [9.17, 15) is 4.39 Å². The van der Waals surface area contributed by atoms with E-state index in [0.717, 1.165) is 6.54 Å². The van der Waals surface area contributed by atoms with Gasteiger partial charge in [-0.2, -0.15) is 0 Å². The molecule has 1 saturated carbocycles. The van der Waals surface area contributed by atoms with E-state index in [-0.39, 0.29) is 11.7 Å². The van der Waals surface area contributed by atoms with Crippen molar-refractivity contribution >= 4 is 5.84 Å². The predicted molar refractivity (Wildman–Crippen MR) is 72.5 cm³/mol. The average molecular weight is 265 g/mol. The van der Waals surface area contributed by atoms with E-state index in [1.54, 1.807) is 12.1 Å². The molecule has 0 spiro atoms. The van der Waals surface area contributed by atoms with Gasteiger partial charge in [0.1, 0.15) is 5.82 Å². The van der Waals surface area contributed by atoms with Crippen molar-refractivity contribution in [1.29, 1.82) is 0 Å². The van der Waals surface area contributed by atoms with Gasteiger partial charge < -0.3 is 16.3 Å². The minimum Gasteiger partial charge on any atom is -0.409 e. The Morgan fingerprint density at radius 3 is 2.79 bits per heavy atom. The lowest BCUT2D eigenvalue weighted by molar-refractivity contribution is 0.318. The summed E-state index contributed by atoms with van der Waals surface area (Å²) in [5.74, 6) is 0.261. The molecule has 0 aromatic heterocycles. The summed E-state index contributed by atoms with van der Waals surface area (Å²) in [4.78, 5) is 0. The van der Waals surface area contributed by atoms with Gasteiger partial charge in [0.25, 0.3) is 0 Å². The molecule has 1 fully saturated rings. The first kappa shape index (κ1) is 13.8.